The lowest BCUT2D eigenvalue weighted by Crippen LogP contribution is -2.25. The molecule has 3 rings (SSSR count). The highest BCUT2D eigenvalue weighted by molar-refractivity contribution is 5.78. The smallest absolute Gasteiger partial charge is 0.134 e. The Bertz CT molecular complexity index is 584. The predicted molar refractivity (Wildman–Crippen MR) is 85.6 cm³/mol. The SMILES string of the molecule is CCCNC(CC1CCCO1)c1cc2cc(C)ccc2o1. The molecule has 0 amide bonds. The van der Waals surface area contributed by atoms with Crippen LogP contribution < -0.4 is 5.32 Å². The minimum atomic E-state index is 0.251. The second-order valence-corrected chi connectivity index (χ2v) is 6.07. The van der Waals surface area contributed by atoms with E-state index >= 15 is 0 Å². The van der Waals surface area contributed by atoms with Crippen LogP contribution in [0.4, 0.5) is 0 Å². The first-order valence-corrected chi connectivity index (χ1v) is 8.11. The number of furan rings is 1. The highest BCUT2D eigenvalue weighted by atomic mass is 16.5. The molecular formula is C18H25NO2. The third-order valence-electron chi connectivity index (χ3n) is 4.20. The fourth-order valence-corrected chi connectivity index (χ4v) is 3.07. The van der Waals surface area contributed by atoms with Gasteiger partial charge in [0, 0.05) is 12.0 Å². The van der Waals surface area contributed by atoms with Crippen LogP contribution in [0.5, 0.6) is 0 Å². The van der Waals surface area contributed by atoms with Gasteiger partial charge in [0.2, 0.25) is 0 Å². The van der Waals surface area contributed by atoms with E-state index in [4.69, 9.17) is 9.15 Å². The minimum Gasteiger partial charge on any atom is -0.459 e. The summed E-state index contributed by atoms with van der Waals surface area (Å²) in [4.78, 5) is 0. The normalized spacial score (nSPS) is 20.2. The molecule has 1 aromatic heterocycles. The van der Waals surface area contributed by atoms with E-state index in [2.05, 4.69) is 43.4 Å². The summed E-state index contributed by atoms with van der Waals surface area (Å²) < 4.78 is 11.9. The van der Waals surface area contributed by atoms with Gasteiger partial charge in [0.25, 0.3) is 0 Å². The molecule has 0 saturated carbocycles. The molecule has 2 heterocycles. The van der Waals surface area contributed by atoms with Gasteiger partial charge in [0.05, 0.1) is 12.1 Å². The van der Waals surface area contributed by atoms with Gasteiger partial charge in [0.15, 0.2) is 0 Å². The third-order valence-corrected chi connectivity index (χ3v) is 4.20. The lowest BCUT2D eigenvalue weighted by Gasteiger charge is -2.19. The van der Waals surface area contributed by atoms with Crippen molar-refractivity contribution >= 4 is 11.0 Å². The van der Waals surface area contributed by atoms with Crippen molar-refractivity contribution in [2.75, 3.05) is 13.2 Å². The van der Waals surface area contributed by atoms with Crippen LogP contribution in [-0.2, 0) is 4.74 Å². The average Bonchev–Trinajstić information content (AvgIpc) is 3.11. The van der Waals surface area contributed by atoms with Gasteiger partial charge >= 0.3 is 0 Å². The second-order valence-electron chi connectivity index (χ2n) is 6.07. The zero-order valence-electron chi connectivity index (χ0n) is 13.0. The molecule has 1 fully saturated rings. The zero-order valence-corrected chi connectivity index (χ0v) is 13.0. The number of ether oxygens (including phenoxy) is 1. The van der Waals surface area contributed by atoms with Crippen molar-refractivity contribution in [3.05, 3.63) is 35.6 Å². The molecule has 3 nitrogen and oxygen atoms in total. The molecule has 0 spiro atoms. The summed E-state index contributed by atoms with van der Waals surface area (Å²) in [6.45, 7) is 6.22. The van der Waals surface area contributed by atoms with E-state index in [1.54, 1.807) is 0 Å². The number of fused-ring (bicyclic) bond motifs is 1. The Labute approximate surface area is 126 Å². The van der Waals surface area contributed by atoms with E-state index < -0.39 is 0 Å². The molecule has 1 aromatic carbocycles. The van der Waals surface area contributed by atoms with Crippen LogP contribution in [-0.4, -0.2) is 19.3 Å². The molecule has 21 heavy (non-hydrogen) atoms. The predicted octanol–water partition coefficient (Wildman–Crippen LogP) is 4.35. The minimum absolute atomic E-state index is 0.251. The molecule has 114 valence electrons. The van der Waals surface area contributed by atoms with Crippen molar-refractivity contribution < 1.29 is 9.15 Å². The number of nitrogens with one attached hydrogen (secondary N) is 1. The van der Waals surface area contributed by atoms with E-state index in [0.717, 1.165) is 37.3 Å². The third kappa shape index (κ3) is 3.47. The Hall–Kier alpha value is -1.32. The molecule has 0 aliphatic carbocycles. The van der Waals surface area contributed by atoms with Gasteiger partial charge in [-0.05, 0) is 57.4 Å². The number of hydrogen-bond acceptors (Lipinski definition) is 3. The van der Waals surface area contributed by atoms with Crippen LogP contribution in [0.2, 0.25) is 0 Å². The van der Waals surface area contributed by atoms with Gasteiger partial charge in [-0.1, -0.05) is 18.6 Å². The van der Waals surface area contributed by atoms with Gasteiger partial charge < -0.3 is 14.5 Å². The molecule has 0 radical (unpaired) electrons. The molecule has 1 aliphatic rings. The summed E-state index contributed by atoms with van der Waals surface area (Å²) in [6.07, 6.45) is 4.85. The van der Waals surface area contributed by atoms with Crippen LogP contribution in [0.25, 0.3) is 11.0 Å². The molecule has 2 atom stereocenters. The molecule has 1 aliphatic heterocycles. The van der Waals surface area contributed by atoms with Crippen LogP contribution in [0, 0.1) is 6.92 Å². The quantitative estimate of drug-likeness (QED) is 0.857. The maximum atomic E-state index is 6.07. The number of hydrogen-bond donors (Lipinski definition) is 1. The molecular weight excluding hydrogens is 262 g/mol. The highest BCUT2D eigenvalue weighted by Crippen LogP contribution is 2.30. The van der Waals surface area contributed by atoms with Crippen LogP contribution in [0.15, 0.2) is 28.7 Å². The molecule has 0 bridgehead atoms. The summed E-state index contributed by atoms with van der Waals surface area (Å²) in [7, 11) is 0. The maximum Gasteiger partial charge on any atom is 0.134 e. The molecule has 1 saturated heterocycles. The first-order valence-electron chi connectivity index (χ1n) is 8.11. The second kappa shape index (κ2) is 6.63. The van der Waals surface area contributed by atoms with Crippen molar-refractivity contribution in [1.29, 1.82) is 0 Å². The van der Waals surface area contributed by atoms with E-state index in [1.807, 2.05) is 0 Å². The molecule has 3 heteroatoms. The summed E-state index contributed by atoms with van der Waals surface area (Å²) >= 11 is 0. The van der Waals surface area contributed by atoms with Crippen molar-refractivity contribution in [1.82, 2.24) is 5.32 Å². The van der Waals surface area contributed by atoms with Gasteiger partial charge in [-0.3, -0.25) is 0 Å². The lowest BCUT2D eigenvalue weighted by atomic mass is 10.0. The lowest BCUT2D eigenvalue weighted by molar-refractivity contribution is 0.0922. The van der Waals surface area contributed by atoms with Gasteiger partial charge in [-0.2, -0.15) is 0 Å². The standard InChI is InChI=1S/C18H25NO2/c1-3-8-19-16(12-15-5-4-9-20-15)18-11-14-10-13(2)6-7-17(14)21-18/h6-7,10-11,15-16,19H,3-5,8-9,12H2,1-2H3. The van der Waals surface area contributed by atoms with Crippen molar-refractivity contribution in [2.24, 2.45) is 0 Å². The largest absolute Gasteiger partial charge is 0.459 e. The van der Waals surface area contributed by atoms with Gasteiger partial charge in [0.1, 0.15) is 11.3 Å². The van der Waals surface area contributed by atoms with Crippen molar-refractivity contribution in [3.8, 4) is 0 Å². The van der Waals surface area contributed by atoms with Crippen LogP contribution >= 0.6 is 0 Å². The topological polar surface area (TPSA) is 34.4 Å². The van der Waals surface area contributed by atoms with Crippen LogP contribution in [0.3, 0.4) is 0 Å². The van der Waals surface area contributed by atoms with Crippen molar-refractivity contribution in [2.45, 2.75) is 51.7 Å². The fraction of sp³-hybridized carbons (Fsp3) is 0.556. The zero-order chi connectivity index (χ0) is 14.7. The monoisotopic (exact) mass is 287 g/mol. The van der Waals surface area contributed by atoms with Gasteiger partial charge in [-0.25, -0.2) is 0 Å². The summed E-state index contributed by atoms with van der Waals surface area (Å²) in [6, 6.07) is 8.79. The average molecular weight is 287 g/mol. The number of aryl methyl sites for hydroxylation is 1. The molecule has 2 aromatic rings. The van der Waals surface area contributed by atoms with Crippen LogP contribution in [0.1, 0.15) is 50.0 Å². The van der Waals surface area contributed by atoms with E-state index in [1.165, 1.54) is 23.8 Å². The summed E-state index contributed by atoms with van der Waals surface area (Å²) in [5.74, 6) is 1.04. The van der Waals surface area contributed by atoms with E-state index in [9.17, 15) is 0 Å². The highest BCUT2D eigenvalue weighted by Gasteiger charge is 2.24. The van der Waals surface area contributed by atoms with Gasteiger partial charge in [-0.15, -0.1) is 0 Å². The summed E-state index contributed by atoms with van der Waals surface area (Å²) in [5.41, 5.74) is 2.25. The van der Waals surface area contributed by atoms with Crippen molar-refractivity contribution in [3.63, 3.8) is 0 Å². The fourth-order valence-electron chi connectivity index (χ4n) is 3.07. The Morgan fingerprint density at radius 2 is 2.24 bits per heavy atom. The Morgan fingerprint density at radius 1 is 1.33 bits per heavy atom. The first kappa shape index (κ1) is 14.6. The summed E-state index contributed by atoms with van der Waals surface area (Å²) in [5, 5.41) is 4.81. The maximum absolute atomic E-state index is 6.07. The number of rotatable bonds is 6. The molecule has 2 unspecified atom stereocenters. The Morgan fingerprint density at radius 3 is 3.00 bits per heavy atom. The Balaban J connectivity index is 1.81. The number of benzene rings is 1. The Kier molecular flexibility index (Phi) is 4.61. The van der Waals surface area contributed by atoms with E-state index in [-0.39, 0.29) is 6.04 Å². The molecule has 1 N–H and O–H groups in total. The first-order chi connectivity index (χ1) is 10.3. The van der Waals surface area contributed by atoms with E-state index in [0.29, 0.717) is 6.10 Å².